The van der Waals surface area contributed by atoms with Gasteiger partial charge in [0.05, 0.1) is 5.02 Å². The molecule has 0 atom stereocenters. The molecule has 0 saturated carbocycles. The third kappa shape index (κ3) is 4.90. The highest BCUT2D eigenvalue weighted by Crippen LogP contribution is 2.42. The molecule has 2 fully saturated rings. The maximum Gasteiger partial charge on any atom is 0.410 e. The number of carbonyl (C=O) groups is 1. The number of aromatic hydroxyl groups is 1. The lowest BCUT2D eigenvalue weighted by Crippen LogP contribution is -2.49. The van der Waals surface area contributed by atoms with E-state index in [2.05, 4.69) is 9.88 Å². The highest BCUT2D eigenvalue weighted by Gasteiger charge is 2.39. The Hall–Kier alpha value is -2.05. The first-order valence-electron chi connectivity index (χ1n) is 11.1. The monoisotopic (exact) mass is 445 g/mol. The van der Waals surface area contributed by atoms with Crippen LogP contribution in [0.3, 0.4) is 0 Å². The third-order valence-corrected chi connectivity index (χ3v) is 6.99. The largest absolute Gasteiger partial charge is 0.505 e. The van der Waals surface area contributed by atoms with Crippen LogP contribution in [-0.2, 0) is 11.3 Å². The normalized spacial score (nSPS) is 19.7. The number of benzene rings is 1. The Morgan fingerprint density at radius 2 is 1.84 bits per heavy atom. The molecular formula is C24H32ClN3O3. The molecule has 0 aliphatic carbocycles. The molecule has 0 bridgehead atoms. The molecule has 2 saturated heterocycles. The fourth-order valence-electron chi connectivity index (χ4n) is 4.77. The second kappa shape index (κ2) is 8.47. The van der Waals surface area contributed by atoms with Gasteiger partial charge in [-0.05, 0) is 83.2 Å². The van der Waals surface area contributed by atoms with Gasteiger partial charge in [-0.1, -0.05) is 11.6 Å². The van der Waals surface area contributed by atoms with Gasteiger partial charge in [-0.3, -0.25) is 9.88 Å². The van der Waals surface area contributed by atoms with Crippen molar-refractivity contribution in [3.63, 3.8) is 0 Å². The van der Waals surface area contributed by atoms with E-state index < -0.39 is 5.60 Å². The molecule has 0 radical (unpaired) electrons. The average Bonchev–Trinajstić information content (AvgIpc) is 2.73. The molecule has 1 N–H and O–H groups in total. The average molecular weight is 446 g/mol. The Labute approximate surface area is 189 Å². The Kier molecular flexibility index (Phi) is 6.05. The van der Waals surface area contributed by atoms with Crippen molar-refractivity contribution in [2.45, 2.75) is 58.6 Å². The lowest BCUT2D eigenvalue weighted by Gasteiger charge is -2.46. The fraction of sp³-hybridized carbons (Fsp3) is 0.583. The summed E-state index contributed by atoms with van der Waals surface area (Å²) in [6.45, 7) is 9.86. The summed E-state index contributed by atoms with van der Waals surface area (Å²) in [7, 11) is 0. The van der Waals surface area contributed by atoms with E-state index in [1.54, 1.807) is 6.20 Å². The maximum absolute atomic E-state index is 12.3. The summed E-state index contributed by atoms with van der Waals surface area (Å²) in [5.41, 5.74) is 1.24. The maximum atomic E-state index is 12.3. The molecule has 31 heavy (non-hydrogen) atoms. The van der Waals surface area contributed by atoms with Gasteiger partial charge in [-0.25, -0.2) is 4.79 Å². The van der Waals surface area contributed by atoms with Crippen molar-refractivity contribution in [2.75, 3.05) is 26.2 Å². The van der Waals surface area contributed by atoms with Crippen molar-refractivity contribution in [1.29, 1.82) is 0 Å². The minimum atomic E-state index is -0.454. The van der Waals surface area contributed by atoms with Crippen molar-refractivity contribution in [2.24, 2.45) is 5.41 Å². The fourth-order valence-corrected chi connectivity index (χ4v) is 5.06. The molecule has 2 aromatic rings. The second-order valence-electron chi connectivity index (χ2n) is 10.0. The van der Waals surface area contributed by atoms with Crippen LogP contribution >= 0.6 is 11.6 Å². The first-order valence-corrected chi connectivity index (χ1v) is 11.5. The van der Waals surface area contributed by atoms with E-state index in [1.807, 2.05) is 43.9 Å². The molecule has 6 nitrogen and oxygen atoms in total. The van der Waals surface area contributed by atoms with Crippen molar-refractivity contribution in [3.8, 4) is 5.75 Å². The Bertz CT molecular complexity index is 954. The number of pyridine rings is 1. The summed E-state index contributed by atoms with van der Waals surface area (Å²) in [4.78, 5) is 20.9. The number of fused-ring (bicyclic) bond motifs is 1. The van der Waals surface area contributed by atoms with Crippen LogP contribution in [0, 0.1) is 5.41 Å². The first-order chi connectivity index (χ1) is 14.7. The van der Waals surface area contributed by atoms with E-state index in [0.29, 0.717) is 22.5 Å². The molecule has 1 aromatic carbocycles. The molecule has 2 aliphatic heterocycles. The van der Waals surface area contributed by atoms with Crippen LogP contribution in [-0.4, -0.2) is 57.8 Å². The predicted molar refractivity (Wildman–Crippen MR) is 122 cm³/mol. The van der Waals surface area contributed by atoms with Gasteiger partial charge in [0, 0.05) is 36.8 Å². The van der Waals surface area contributed by atoms with E-state index in [9.17, 15) is 9.90 Å². The highest BCUT2D eigenvalue weighted by molar-refractivity contribution is 6.35. The Morgan fingerprint density at radius 3 is 2.48 bits per heavy atom. The SMILES string of the molecule is CC(C)(C)OC(=O)N1CCC2(CCN(Cc3cc(Cl)c4cccnc4c3O)CC2)CC1. The van der Waals surface area contributed by atoms with Crippen LogP contribution < -0.4 is 0 Å². The van der Waals surface area contributed by atoms with Gasteiger partial charge in [-0.15, -0.1) is 0 Å². The van der Waals surface area contributed by atoms with E-state index in [4.69, 9.17) is 16.3 Å². The molecule has 1 amide bonds. The van der Waals surface area contributed by atoms with Gasteiger partial charge in [-0.2, -0.15) is 0 Å². The minimum absolute atomic E-state index is 0.197. The number of rotatable bonds is 2. The highest BCUT2D eigenvalue weighted by atomic mass is 35.5. The molecule has 1 aromatic heterocycles. The zero-order chi connectivity index (χ0) is 22.2. The first kappa shape index (κ1) is 22.2. The third-order valence-electron chi connectivity index (χ3n) is 6.68. The number of ether oxygens (including phenoxy) is 1. The number of halogens is 1. The van der Waals surface area contributed by atoms with E-state index in [0.717, 1.165) is 62.8 Å². The zero-order valence-corrected chi connectivity index (χ0v) is 19.4. The summed E-state index contributed by atoms with van der Waals surface area (Å²) in [5.74, 6) is 0.228. The summed E-state index contributed by atoms with van der Waals surface area (Å²) >= 11 is 6.44. The van der Waals surface area contributed by atoms with Crippen LogP contribution in [0.15, 0.2) is 24.4 Å². The number of aromatic nitrogens is 1. The number of phenolic OH excluding ortho intramolecular Hbond substituents is 1. The minimum Gasteiger partial charge on any atom is -0.505 e. The summed E-state index contributed by atoms with van der Waals surface area (Å²) in [6.07, 6.45) is 5.74. The number of carbonyl (C=O) groups excluding carboxylic acids is 1. The number of hydrogen-bond donors (Lipinski definition) is 1. The van der Waals surface area contributed by atoms with Gasteiger partial charge < -0.3 is 14.7 Å². The van der Waals surface area contributed by atoms with Gasteiger partial charge in [0.2, 0.25) is 0 Å². The van der Waals surface area contributed by atoms with Gasteiger partial charge >= 0.3 is 6.09 Å². The number of nitrogens with zero attached hydrogens (tertiary/aromatic N) is 3. The molecule has 4 rings (SSSR count). The lowest BCUT2D eigenvalue weighted by molar-refractivity contribution is -0.00314. The Morgan fingerprint density at radius 1 is 1.19 bits per heavy atom. The van der Waals surface area contributed by atoms with Gasteiger partial charge in [0.15, 0.2) is 0 Å². The molecule has 0 unspecified atom stereocenters. The standard InChI is InChI=1S/C24H32ClN3O3/c1-23(2,3)31-22(30)28-13-8-24(9-14-28)6-11-27(12-7-24)16-17-15-19(25)18-5-4-10-26-20(18)21(17)29/h4-5,10,15,29H,6-9,11-14,16H2,1-3H3. The zero-order valence-electron chi connectivity index (χ0n) is 18.7. The van der Waals surface area contributed by atoms with Crippen molar-refractivity contribution < 1.29 is 14.6 Å². The van der Waals surface area contributed by atoms with Crippen molar-refractivity contribution >= 4 is 28.6 Å². The number of phenols is 1. The molecular weight excluding hydrogens is 414 g/mol. The number of hydrogen-bond acceptors (Lipinski definition) is 5. The van der Waals surface area contributed by atoms with E-state index in [1.165, 1.54) is 0 Å². The van der Waals surface area contributed by atoms with Crippen molar-refractivity contribution in [3.05, 3.63) is 35.0 Å². The van der Waals surface area contributed by atoms with Gasteiger partial charge in [0.25, 0.3) is 0 Å². The smallest absolute Gasteiger partial charge is 0.410 e. The van der Waals surface area contributed by atoms with E-state index >= 15 is 0 Å². The number of piperidine rings is 2. The Balaban J connectivity index is 1.34. The summed E-state index contributed by atoms with van der Waals surface area (Å²) in [6, 6.07) is 5.57. The number of amides is 1. The van der Waals surface area contributed by atoms with Crippen molar-refractivity contribution in [1.82, 2.24) is 14.8 Å². The van der Waals surface area contributed by atoms with Crippen LogP contribution in [0.2, 0.25) is 5.02 Å². The molecule has 7 heteroatoms. The van der Waals surface area contributed by atoms with Crippen LogP contribution in [0.25, 0.3) is 10.9 Å². The molecule has 1 spiro atoms. The predicted octanol–water partition coefficient (Wildman–Crippen LogP) is 5.21. The molecule has 3 heterocycles. The molecule has 168 valence electrons. The molecule has 2 aliphatic rings. The number of likely N-dealkylation sites (tertiary alicyclic amines) is 2. The van der Waals surface area contributed by atoms with Crippen LogP contribution in [0.4, 0.5) is 4.79 Å². The van der Waals surface area contributed by atoms with Crippen LogP contribution in [0.5, 0.6) is 5.75 Å². The lowest BCUT2D eigenvalue weighted by atomic mass is 9.71. The summed E-state index contributed by atoms with van der Waals surface area (Å²) < 4.78 is 5.53. The quantitative estimate of drug-likeness (QED) is 0.687. The van der Waals surface area contributed by atoms with E-state index in [-0.39, 0.29) is 11.8 Å². The topological polar surface area (TPSA) is 65.9 Å². The van der Waals surface area contributed by atoms with Crippen LogP contribution in [0.1, 0.15) is 52.0 Å². The van der Waals surface area contributed by atoms with Gasteiger partial charge in [0.1, 0.15) is 16.9 Å². The second-order valence-corrected chi connectivity index (χ2v) is 10.4. The summed E-state index contributed by atoms with van der Waals surface area (Å²) in [5, 5.41) is 12.1.